The van der Waals surface area contributed by atoms with Crippen molar-refractivity contribution < 1.29 is 8.78 Å². The molecule has 1 rings (SSSR count). The normalized spacial score (nSPS) is 10.8. The van der Waals surface area contributed by atoms with Gasteiger partial charge in [-0.15, -0.1) is 0 Å². The van der Waals surface area contributed by atoms with Crippen molar-refractivity contribution in [2.24, 2.45) is 0 Å². The number of nitrogens with zero attached hydrogens (tertiary/aromatic N) is 1. The third kappa shape index (κ3) is 1.95. The number of nitrogen functional groups attached to an aromatic ring is 1. The van der Waals surface area contributed by atoms with Gasteiger partial charge in [0.1, 0.15) is 3.70 Å². The number of aromatic nitrogens is 1. The molecule has 2 N–H and O–H groups in total. The first-order chi connectivity index (χ1) is 5.54. The Morgan fingerprint density at radius 1 is 1.42 bits per heavy atom. The molecule has 1 heterocycles. The molecule has 66 valence electrons. The molecule has 0 unspecified atom stereocenters. The number of nitrogens with two attached hydrogens (primary N) is 1. The molecular weight excluding hydrogens is 392 g/mol. The molecule has 0 aliphatic carbocycles. The summed E-state index contributed by atoms with van der Waals surface area (Å²) >= 11 is 3.70. The minimum Gasteiger partial charge on any atom is -0.396 e. The van der Waals surface area contributed by atoms with E-state index in [9.17, 15) is 8.78 Å². The molecule has 0 atom stereocenters. The van der Waals surface area contributed by atoms with Crippen LogP contribution in [0.25, 0.3) is 0 Å². The highest BCUT2D eigenvalue weighted by molar-refractivity contribution is 14.1. The second-order valence-electron chi connectivity index (χ2n) is 2.03. The van der Waals surface area contributed by atoms with Gasteiger partial charge in [0.15, 0.2) is 0 Å². The van der Waals surface area contributed by atoms with Crippen LogP contribution in [0.1, 0.15) is 12.0 Å². The predicted octanol–water partition coefficient (Wildman–Crippen LogP) is 2.81. The maximum absolute atomic E-state index is 12.2. The van der Waals surface area contributed by atoms with Crippen molar-refractivity contribution in [3.05, 3.63) is 19.0 Å². The third-order valence-electron chi connectivity index (χ3n) is 1.26. The van der Waals surface area contributed by atoms with E-state index in [1.807, 2.05) is 22.6 Å². The molecular formula is C6H4F2I2N2. The zero-order valence-corrected chi connectivity index (χ0v) is 10.0. The first kappa shape index (κ1) is 10.4. The number of alkyl halides is 2. The summed E-state index contributed by atoms with van der Waals surface area (Å²) in [7, 11) is 0. The van der Waals surface area contributed by atoms with E-state index in [1.165, 1.54) is 0 Å². The molecule has 0 aliphatic rings. The molecule has 0 radical (unpaired) electrons. The number of hydrogen-bond donors (Lipinski definition) is 1. The van der Waals surface area contributed by atoms with E-state index in [0.29, 0.717) is 13.0 Å². The summed E-state index contributed by atoms with van der Waals surface area (Å²) in [6.07, 6.45) is -1.35. The van der Waals surface area contributed by atoms with E-state index >= 15 is 0 Å². The van der Waals surface area contributed by atoms with Crippen molar-refractivity contribution in [1.82, 2.24) is 4.98 Å². The minimum atomic E-state index is -2.51. The smallest absolute Gasteiger partial charge is 0.266 e. The van der Waals surface area contributed by atoms with E-state index in [0.717, 1.165) is 6.20 Å². The molecule has 0 spiro atoms. The van der Waals surface area contributed by atoms with Gasteiger partial charge in [-0.05, 0) is 45.2 Å². The fraction of sp³-hybridized carbons (Fsp3) is 0.167. The standard InChI is InChI=1S/C6H4F2I2N2/c7-5(8)2-1-12-6(10)4(11)3(2)9/h1,5H,11H2. The maximum atomic E-state index is 12.2. The maximum Gasteiger partial charge on any atom is 0.266 e. The Balaban J connectivity index is 3.27. The Kier molecular flexibility index (Phi) is 3.44. The first-order valence-electron chi connectivity index (χ1n) is 2.91. The third-order valence-corrected chi connectivity index (χ3v) is 3.33. The summed E-state index contributed by atoms with van der Waals surface area (Å²) in [6, 6.07) is 0. The fourth-order valence-electron chi connectivity index (χ4n) is 0.651. The molecule has 0 saturated heterocycles. The summed E-state index contributed by atoms with van der Waals surface area (Å²) in [5.41, 5.74) is 5.73. The molecule has 12 heavy (non-hydrogen) atoms. The first-order valence-corrected chi connectivity index (χ1v) is 5.07. The van der Waals surface area contributed by atoms with Gasteiger partial charge in [0, 0.05) is 9.77 Å². The van der Waals surface area contributed by atoms with Gasteiger partial charge in [-0.3, -0.25) is 0 Å². The van der Waals surface area contributed by atoms with E-state index < -0.39 is 6.43 Å². The summed E-state index contributed by atoms with van der Waals surface area (Å²) in [6.45, 7) is 0. The summed E-state index contributed by atoms with van der Waals surface area (Å²) in [5.74, 6) is 0. The van der Waals surface area contributed by atoms with Crippen LogP contribution < -0.4 is 5.73 Å². The van der Waals surface area contributed by atoms with Crippen LogP contribution in [-0.2, 0) is 0 Å². The topological polar surface area (TPSA) is 38.9 Å². The van der Waals surface area contributed by atoms with E-state index in [4.69, 9.17) is 5.73 Å². The Hall–Kier alpha value is 0.270. The van der Waals surface area contributed by atoms with Crippen LogP contribution in [0.4, 0.5) is 14.5 Å². The van der Waals surface area contributed by atoms with Crippen LogP contribution in [0.5, 0.6) is 0 Å². The van der Waals surface area contributed by atoms with Gasteiger partial charge in [-0.25, -0.2) is 13.8 Å². The highest BCUT2D eigenvalue weighted by Gasteiger charge is 2.15. The highest BCUT2D eigenvalue weighted by atomic mass is 127. The number of pyridine rings is 1. The van der Waals surface area contributed by atoms with Crippen LogP contribution in [-0.4, -0.2) is 4.98 Å². The monoisotopic (exact) mass is 396 g/mol. The van der Waals surface area contributed by atoms with Gasteiger partial charge in [-0.2, -0.15) is 0 Å². The minimum absolute atomic E-state index is 0.103. The number of halogens is 4. The lowest BCUT2D eigenvalue weighted by molar-refractivity contribution is 0.150. The Labute approximate surface area is 95.2 Å². The average Bonchev–Trinajstić information content (AvgIpc) is 2.00. The van der Waals surface area contributed by atoms with Crippen LogP contribution in [0.2, 0.25) is 0 Å². The van der Waals surface area contributed by atoms with Crippen LogP contribution in [0.15, 0.2) is 6.20 Å². The van der Waals surface area contributed by atoms with E-state index in [-0.39, 0.29) is 5.56 Å². The van der Waals surface area contributed by atoms with Crippen LogP contribution in [0.3, 0.4) is 0 Å². The lowest BCUT2D eigenvalue weighted by Crippen LogP contribution is -2.01. The Morgan fingerprint density at radius 3 is 2.50 bits per heavy atom. The Morgan fingerprint density at radius 2 is 2.00 bits per heavy atom. The summed E-state index contributed by atoms with van der Waals surface area (Å²) in [4.78, 5) is 3.74. The molecule has 0 amide bonds. The molecule has 2 nitrogen and oxygen atoms in total. The molecule has 1 aromatic rings. The van der Waals surface area contributed by atoms with Gasteiger partial charge < -0.3 is 5.73 Å². The largest absolute Gasteiger partial charge is 0.396 e. The molecule has 0 aliphatic heterocycles. The van der Waals surface area contributed by atoms with Crippen molar-refractivity contribution in [3.63, 3.8) is 0 Å². The number of rotatable bonds is 1. The number of anilines is 1. The van der Waals surface area contributed by atoms with Crippen LogP contribution >= 0.6 is 45.2 Å². The zero-order chi connectivity index (χ0) is 9.30. The number of hydrogen-bond acceptors (Lipinski definition) is 2. The summed E-state index contributed by atoms with van der Waals surface area (Å²) in [5, 5.41) is 0. The van der Waals surface area contributed by atoms with Crippen molar-refractivity contribution in [2.75, 3.05) is 5.73 Å². The van der Waals surface area contributed by atoms with Crippen molar-refractivity contribution in [1.29, 1.82) is 0 Å². The van der Waals surface area contributed by atoms with Gasteiger partial charge in [0.2, 0.25) is 0 Å². The SMILES string of the molecule is Nc1c(I)ncc(C(F)F)c1I. The molecule has 0 bridgehead atoms. The van der Waals surface area contributed by atoms with Gasteiger partial charge >= 0.3 is 0 Å². The molecule has 0 saturated carbocycles. The van der Waals surface area contributed by atoms with Crippen molar-refractivity contribution >= 4 is 50.9 Å². The molecule has 0 aromatic carbocycles. The van der Waals surface area contributed by atoms with Gasteiger partial charge in [0.05, 0.1) is 11.3 Å². The average molecular weight is 396 g/mol. The Bertz CT molecular complexity index is 304. The molecule has 1 aromatic heterocycles. The molecule has 6 heteroatoms. The molecule has 0 fully saturated rings. The lowest BCUT2D eigenvalue weighted by atomic mass is 10.3. The lowest BCUT2D eigenvalue weighted by Gasteiger charge is -2.06. The van der Waals surface area contributed by atoms with Crippen LogP contribution in [0, 0.1) is 7.27 Å². The van der Waals surface area contributed by atoms with Gasteiger partial charge in [0.25, 0.3) is 6.43 Å². The quantitative estimate of drug-likeness (QED) is 0.586. The fourth-order valence-corrected chi connectivity index (χ4v) is 2.21. The van der Waals surface area contributed by atoms with Crippen molar-refractivity contribution in [3.8, 4) is 0 Å². The van der Waals surface area contributed by atoms with Crippen molar-refractivity contribution in [2.45, 2.75) is 6.43 Å². The zero-order valence-electron chi connectivity index (χ0n) is 5.69. The second kappa shape index (κ2) is 3.99. The van der Waals surface area contributed by atoms with E-state index in [2.05, 4.69) is 4.98 Å². The van der Waals surface area contributed by atoms with Gasteiger partial charge in [-0.1, -0.05) is 0 Å². The second-order valence-corrected chi connectivity index (χ2v) is 4.13. The predicted molar refractivity (Wildman–Crippen MR) is 59.0 cm³/mol. The van der Waals surface area contributed by atoms with E-state index in [1.54, 1.807) is 22.6 Å². The highest BCUT2D eigenvalue weighted by Crippen LogP contribution is 2.29. The summed E-state index contributed by atoms with van der Waals surface area (Å²) < 4.78 is 25.4.